The summed E-state index contributed by atoms with van der Waals surface area (Å²) in [5, 5.41) is 8.99. The number of aromatic nitrogens is 3. The van der Waals surface area contributed by atoms with Crippen molar-refractivity contribution in [1.82, 2.24) is 15.0 Å². The fourth-order valence-electron chi connectivity index (χ4n) is 1.08. The Kier molecular flexibility index (Phi) is 1.09. The average molecular weight is 149 g/mol. The first-order valence-electron chi connectivity index (χ1n) is 3.28. The lowest BCUT2D eigenvalue weighted by molar-refractivity contribution is 0.432. The Morgan fingerprint density at radius 2 is 2.27 bits per heavy atom. The van der Waals surface area contributed by atoms with Crippen LogP contribution in [-0.4, -0.2) is 20.1 Å². The Hall–Kier alpha value is -1.58. The maximum absolute atomic E-state index is 8.99. The van der Waals surface area contributed by atoms with Gasteiger partial charge in [-0.15, -0.1) is 0 Å². The second-order valence-corrected chi connectivity index (χ2v) is 2.35. The molecule has 0 aliphatic rings. The molecule has 0 saturated carbocycles. The van der Waals surface area contributed by atoms with Crippen molar-refractivity contribution in [3.05, 3.63) is 18.0 Å². The van der Waals surface area contributed by atoms with Crippen LogP contribution in [0.25, 0.3) is 11.0 Å². The quantitative estimate of drug-likeness (QED) is 0.586. The highest BCUT2D eigenvalue weighted by Gasteiger charge is 2.02. The number of aromatic amines is 1. The summed E-state index contributed by atoms with van der Waals surface area (Å²) in [4.78, 5) is 10.6. The van der Waals surface area contributed by atoms with Gasteiger partial charge in [0.05, 0.1) is 16.7 Å². The van der Waals surface area contributed by atoms with Crippen LogP contribution in [0.3, 0.4) is 0 Å². The number of hydrogen-bond acceptors (Lipinski definition) is 3. The van der Waals surface area contributed by atoms with Crippen LogP contribution in [0.1, 0.15) is 5.69 Å². The normalized spacial score (nSPS) is 10.6. The van der Waals surface area contributed by atoms with Crippen LogP contribution < -0.4 is 0 Å². The zero-order valence-corrected chi connectivity index (χ0v) is 6.00. The van der Waals surface area contributed by atoms with E-state index in [2.05, 4.69) is 15.0 Å². The Balaban J connectivity index is 2.91. The molecular weight excluding hydrogens is 142 g/mol. The van der Waals surface area contributed by atoms with Gasteiger partial charge in [0.2, 0.25) is 0 Å². The van der Waals surface area contributed by atoms with Gasteiger partial charge in [0, 0.05) is 6.20 Å². The number of aromatic hydroxyl groups is 1. The van der Waals surface area contributed by atoms with Crippen molar-refractivity contribution in [2.75, 3.05) is 0 Å². The molecule has 0 unspecified atom stereocenters. The Morgan fingerprint density at radius 3 is 3.09 bits per heavy atom. The van der Waals surface area contributed by atoms with Crippen LogP contribution in [0.2, 0.25) is 0 Å². The third-order valence-corrected chi connectivity index (χ3v) is 1.57. The first kappa shape index (κ1) is 6.15. The summed E-state index contributed by atoms with van der Waals surface area (Å²) in [5.74, 6) is 0. The zero-order valence-electron chi connectivity index (χ0n) is 6.00. The van der Waals surface area contributed by atoms with Gasteiger partial charge >= 0.3 is 6.01 Å². The van der Waals surface area contributed by atoms with E-state index in [1.165, 1.54) is 0 Å². The van der Waals surface area contributed by atoms with Gasteiger partial charge in [-0.1, -0.05) is 0 Å². The molecule has 2 heterocycles. The Labute approximate surface area is 62.9 Å². The maximum Gasteiger partial charge on any atom is 0.314 e. The zero-order chi connectivity index (χ0) is 7.84. The number of nitrogens with one attached hydrogen (secondary N) is 1. The molecule has 2 aromatic rings. The minimum Gasteiger partial charge on any atom is -0.479 e. The van der Waals surface area contributed by atoms with E-state index in [1.807, 2.05) is 6.92 Å². The minimum atomic E-state index is -0.172. The highest BCUT2D eigenvalue weighted by Crippen LogP contribution is 2.14. The molecule has 0 aliphatic heterocycles. The third kappa shape index (κ3) is 0.832. The highest BCUT2D eigenvalue weighted by molar-refractivity contribution is 5.77. The van der Waals surface area contributed by atoms with Crippen molar-refractivity contribution in [1.29, 1.82) is 0 Å². The Bertz CT molecular complexity index is 393. The van der Waals surface area contributed by atoms with Gasteiger partial charge in [-0.2, -0.15) is 9.97 Å². The molecule has 0 bridgehead atoms. The van der Waals surface area contributed by atoms with E-state index in [0.29, 0.717) is 0 Å². The number of rotatable bonds is 0. The third-order valence-electron chi connectivity index (χ3n) is 1.57. The molecule has 0 aromatic carbocycles. The maximum atomic E-state index is 8.99. The molecule has 56 valence electrons. The van der Waals surface area contributed by atoms with Crippen molar-refractivity contribution in [2.24, 2.45) is 0 Å². The van der Waals surface area contributed by atoms with Gasteiger partial charge in [0.1, 0.15) is 0 Å². The summed E-state index contributed by atoms with van der Waals surface area (Å²) < 4.78 is 0. The first-order chi connectivity index (χ1) is 5.27. The second-order valence-electron chi connectivity index (χ2n) is 2.35. The number of nitrogens with zero attached hydrogens (tertiary/aromatic N) is 2. The summed E-state index contributed by atoms with van der Waals surface area (Å²) >= 11 is 0. The van der Waals surface area contributed by atoms with Crippen molar-refractivity contribution >= 4 is 11.0 Å². The molecule has 0 fully saturated rings. The van der Waals surface area contributed by atoms with Crippen molar-refractivity contribution in [2.45, 2.75) is 6.92 Å². The molecular formula is C7H7N3O. The molecule has 2 N–H and O–H groups in total. The topological polar surface area (TPSA) is 61.8 Å². The molecule has 0 atom stereocenters. The van der Waals surface area contributed by atoms with Crippen LogP contribution in [0.5, 0.6) is 6.01 Å². The van der Waals surface area contributed by atoms with E-state index in [-0.39, 0.29) is 6.01 Å². The minimum absolute atomic E-state index is 0.172. The molecule has 2 rings (SSSR count). The fraction of sp³-hybridized carbons (Fsp3) is 0.143. The number of hydrogen-bond donors (Lipinski definition) is 2. The van der Waals surface area contributed by atoms with E-state index < -0.39 is 0 Å². The van der Waals surface area contributed by atoms with E-state index >= 15 is 0 Å². The lowest BCUT2D eigenvalue weighted by atomic mass is 10.3. The van der Waals surface area contributed by atoms with Crippen LogP contribution in [0, 0.1) is 6.92 Å². The summed E-state index contributed by atoms with van der Waals surface area (Å²) in [5.41, 5.74) is 2.38. The molecule has 4 nitrogen and oxygen atoms in total. The molecule has 0 aliphatic carbocycles. The average Bonchev–Trinajstić information content (AvgIpc) is 2.34. The highest BCUT2D eigenvalue weighted by atomic mass is 16.3. The van der Waals surface area contributed by atoms with Crippen molar-refractivity contribution in [3.63, 3.8) is 0 Å². The van der Waals surface area contributed by atoms with Crippen molar-refractivity contribution in [3.8, 4) is 6.01 Å². The number of aryl methyl sites for hydroxylation is 1. The van der Waals surface area contributed by atoms with Gasteiger partial charge < -0.3 is 10.1 Å². The molecule has 0 spiro atoms. The number of fused-ring (bicyclic) bond motifs is 1. The van der Waals surface area contributed by atoms with Gasteiger partial charge in [-0.05, 0) is 13.0 Å². The summed E-state index contributed by atoms with van der Waals surface area (Å²) in [6, 6.07) is 1.62. The molecule has 0 saturated heterocycles. The van der Waals surface area contributed by atoms with Crippen LogP contribution in [0.15, 0.2) is 12.3 Å². The molecule has 0 amide bonds. The van der Waals surface area contributed by atoms with Crippen LogP contribution in [-0.2, 0) is 0 Å². The van der Waals surface area contributed by atoms with Crippen LogP contribution in [0.4, 0.5) is 0 Å². The monoisotopic (exact) mass is 149 g/mol. The van der Waals surface area contributed by atoms with E-state index in [1.54, 1.807) is 12.3 Å². The second kappa shape index (κ2) is 1.95. The van der Waals surface area contributed by atoms with Crippen LogP contribution >= 0.6 is 0 Å². The Morgan fingerprint density at radius 1 is 1.45 bits per heavy atom. The lowest BCUT2D eigenvalue weighted by Gasteiger charge is -1.94. The van der Waals surface area contributed by atoms with Gasteiger partial charge in [-0.25, -0.2) is 0 Å². The SMILES string of the molecule is Cc1nc(O)nc2cc[nH]c12. The van der Waals surface area contributed by atoms with Gasteiger partial charge in [-0.3, -0.25) is 0 Å². The fourth-order valence-corrected chi connectivity index (χ4v) is 1.08. The van der Waals surface area contributed by atoms with Gasteiger partial charge in [0.25, 0.3) is 0 Å². The van der Waals surface area contributed by atoms with E-state index in [0.717, 1.165) is 16.7 Å². The van der Waals surface area contributed by atoms with E-state index in [4.69, 9.17) is 5.11 Å². The molecule has 0 radical (unpaired) electrons. The van der Waals surface area contributed by atoms with Gasteiger partial charge in [0.15, 0.2) is 0 Å². The summed E-state index contributed by atoms with van der Waals surface area (Å²) in [7, 11) is 0. The first-order valence-corrected chi connectivity index (χ1v) is 3.28. The predicted molar refractivity (Wildman–Crippen MR) is 40.3 cm³/mol. The molecule has 2 aromatic heterocycles. The summed E-state index contributed by atoms with van der Waals surface area (Å²) in [6.45, 7) is 1.82. The largest absolute Gasteiger partial charge is 0.479 e. The smallest absolute Gasteiger partial charge is 0.314 e. The number of H-pyrrole nitrogens is 1. The van der Waals surface area contributed by atoms with Crippen molar-refractivity contribution < 1.29 is 5.11 Å². The van der Waals surface area contributed by atoms with E-state index in [9.17, 15) is 0 Å². The molecule has 11 heavy (non-hydrogen) atoms. The molecule has 4 heteroatoms. The summed E-state index contributed by atoms with van der Waals surface area (Å²) in [6.07, 6.45) is 1.77. The lowest BCUT2D eigenvalue weighted by Crippen LogP contribution is -1.86. The predicted octanol–water partition coefficient (Wildman–Crippen LogP) is 0.972. The standard InChI is InChI=1S/C7H7N3O/c1-4-6-5(2-3-8-6)10-7(11)9-4/h2-3,8H,1H3,(H,9,10,11).